The summed E-state index contributed by atoms with van der Waals surface area (Å²) in [5, 5.41) is 7.37. The van der Waals surface area contributed by atoms with Crippen molar-refractivity contribution in [3.63, 3.8) is 0 Å². The standard InChI is InChI=1S/C18H19N7O3S/c1-9-15(17(20)27)16(19)25(24-9)13-8-14(23-18(22-13)29-3)28-12-6-4-11(5-7-12)21-10(2)26/h4-8H,19H2,1-3H3,(H2,20,27)(H,21,26). The second-order valence-corrected chi connectivity index (χ2v) is 6.75. The zero-order chi connectivity index (χ0) is 21.1. The van der Waals surface area contributed by atoms with Gasteiger partial charge in [0.15, 0.2) is 11.0 Å². The van der Waals surface area contributed by atoms with Crippen LogP contribution in [0.5, 0.6) is 11.6 Å². The van der Waals surface area contributed by atoms with Crippen LogP contribution in [-0.2, 0) is 4.79 Å². The molecule has 0 aliphatic heterocycles. The number of carbonyl (C=O) groups is 2. The number of aromatic nitrogens is 4. The van der Waals surface area contributed by atoms with E-state index in [2.05, 4.69) is 20.4 Å². The van der Waals surface area contributed by atoms with Gasteiger partial charge in [0.1, 0.15) is 17.1 Å². The van der Waals surface area contributed by atoms with Crippen LogP contribution in [0.4, 0.5) is 11.5 Å². The van der Waals surface area contributed by atoms with Crippen molar-refractivity contribution in [3.8, 4) is 17.4 Å². The summed E-state index contributed by atoms with van der Waals surface area (Å²) in [5.41, 5.74) is 12.6. The van der Waals surface area contributed by atoms with E-state index in [1.165, 1.54) is 23.4 Å². The number of primary amides is 1. The SMILES string of the molecule is CSc1nc(Oc2ccc(NC(C)=O)cc2)cc(-n2nc(C)c(C(N)=O)c2N)n1. The molecule has 2 amide bonds. The third-order valence-corrected chi connectivity index (χ3v) is 4.36. The van der Waals surface area contributed by atoms with Gasteiger partial charge in [-0.1, -0.05) is 11.8 Å². The lowest BCUT2D eigenvalue weighted by molar-refractivity contribution is -0.114. The molecule has 0 aliphatic carbocycles. The van der Waals surface area contributed by atoms with Crippen LogP contribution in [-0.4, -0.2) is 37.8 Å². The van der Waals surface area contributed by atoms with Gasteiger partial charge in [-0.05, 0) is 37.4 Å². The molecule has 0 unspecified atom stereocenters. The van der Waals surface area contributed by atoms with Crippen LogP contribution in [0.1, 0.15) is 23.0 Å². The Balaban J connectivity index is 1.95. The van der Waals surface area contributed by atoms with Crippen molar-refractivity contribution in [2.75, 3.05) is 17.3 Å². The minimum atomic E-state index is -0.666. The van der Waals surface area contributed by atoms with Gasteiger partial charge in [-0.15, -0.1) is 0 Å². The summed E-state index contributed by atoms with van der Waals surface area (Å²) in [5.74, 6) is 0.374. The van der Waals surface area contributed by atoms with E-state index in [0.717, 1.165) is 0 Å². The Morgan fingerprint density at radius 3 is 2.45 bits per heavy atom. The van der Waals surface area contributed by atoms with Gasteiger partial charge in [-0.2, -0.15) is 14.8 Å². The molecule has 0 atom stereocenters. The van der Waals surface area contributed by atoms with E-state index in [0.29, 0.717) is 28.1 Å². The van der Waals surface area contributed by atoms with Crippen LogP contribution in [0.15, 0.2) is 35.5 Å². The zero-order valence-electron chi connectivity index (χ0n) is 16.0. The molecule has 10 nitrogen and oxygen atoms in total. The van der Waals surface area contributed by atoms with Gasteiger partial charge in [-0.25, -0.2) is 4.98 Å². The number of nitrogens with two attached hydrogens (primary N) is 2. The van der Waals surface area contributed by atoms with E-state index in [4.69, 9.17) is 16.2 Å². The van der Waals surface area contributed by atoms with Crippen molar-refractivity contribution in [2.45, 2.75) is 19.0 Å². The molecule has 0 aliphatic rings. The lowest BCUT2D eigenvalue weighted by Gasteiger charge is -2.10. The number of aryl methyl sites for hydroxylation is 1. The average molecular weight is 413 g/mol. The number of nitrogens with zero attached hydrogens (tertiary/aromatic N) is 4. The molecule has 1 aromatic carbocycles. The molecule has 0 saturated heterocycles. The number of thioether (sulfide) groups is 1. The molecule has 0 radical (unpaired) electrons. The van der Waals surface area contributed by atoms with Gasteiger partial charge in [0.05, 0.1) is 5.69 Å². The topological polar surface area (TPSA) is 151 Å². The van der Waals surface area contributed by atoms with E-state index in [-0.39, 0.29) is 23.2 Å². The van der Waals surface area contributed by atoms with E-state index in [9.17, 15) is 9.59 Å². The molecule has 0 spiro atoms. The Morgan fingerprint density at radius 2 is 1.90 bits per heavy atom. The predicted octanol–water partition coefficient (Wildman–Crippen LogP) is 2.12. The quantitative estimate of drug-likeness (QED) is 0.410. The minimum Gasteiger partial charge on any atom is -0.439 e. The summed E-state index contributed by atoms with van der Waals surface area (Å²) in [7, 11) is 0. The second-order valence-electron chi connectivity index (χ2n) is 5.98. The number of anilines is 2. The number of nitrogen functional groups attached to an aromatic ring is 1. The number of carbonyl (C=O) groups excluding carboxylic acids is 2. The van der Waals surface area contributed by atoms with Crippen LogP contribution in [0, 0.1) is 6.92 Å². The number of hydrogen-bond acceptors (Lipinski definition) is 8. The van der Waals surface area contributed by atoms with E-state index >= 15 is 0 Å². The molecule has 0 fully saturated rings. The molecule has 3 rings (SSSR count). The number of benzene rings is 1. The third-order valence-electron chi connectivity index (χ3n) is 3.81. The summed E-state index contributed by atoms with van der Waals surface area (Å²) in [6.45, 7) is 3.07. The first-order valence-electron chi connectivity index (χ1n) is 8.42. The first-order chi connectivity index (χ1) is 13.8. The average Bonchev–Trinajstić information content (AvgIpc) is 2.97. The van der Waals surface area contributed by atoms with Crippen molar-refractivity contribution in [1.29, 1.82) is 0 Å². The number of amides is 2. The van der Waals surface area contributed by atoms with Crippen molar-refractivity contribution in [3.05, 3.63) is 41.6 Å². The number of ether oxygens (including phenoxy) is 1. The van der Waals surface area contributed by atoms with Crippen molar-refractivity contribution >= 4 is 35.1 Å². The van der Waals surface area contributed by atoms with Gasteiger partial charge < -0.3 is 21.5 Å². The molecular formula is C18H19N7O3S. The van der Waals surface area contributed by atoms with Crippen LogP contribution in [0.3, 0.4) is 0 Å². The van der Waals surface area contributed by atoms with Crippen LogP contribution >= 0.6 is 11.8 Å². The van der Waals surface area contributed by atoms with Crippen molar-refractivity contribution < 1.29 is 14.3 Å². The zero-order valence-corrected chi connectivity index (χ0v) is 16.8. The van der Waals surface area contributed by atoms with E-state index in [1.54, 1.807) is 37.3 Å². The lowest BCUT2D eigenvalue weighted by Crippen LogP contribution is -2.14. The Morgan fingerprint density at radius 1 is 1.21 bits per heavy atom. The normalized spacial score (nSPS) is 10.6. The van der Waals surface area contributed by atoms with Gasteiger partial charge in [0, 0.05) is 18.7 Å². The highest BCUT2D eigenvalue weighted by atomic mass is 32.2. The summed E-state index contributed by atoms with van der Waals surface area (Å²) < 4.78 is 7.14. The Kier molecular flexibility index (Phi) is 5.69. The second kappa shape index (κ2) is 8.19. The molecule has 0 saturated carbocycles. The first-order valence-corrected chi connectivity index (χ1v) is 9.64. The summed E-state index contributed by atoms with van der Waals surface area (Å²) in [6.07, 6.45) is 1.82. The van der Waals surface area contributed by atoms with Crippen molar-refractivity contribution in [2.24, 2.45) is 5.73 Å². The maximum absolute atomic E-state index is 11.6. The van der Waals surface area contributed by atoms with Crippen molar-refractivity contribution in [1.82, 2.24) is 19.7 Å². The number of hydrogen-bond donors (Lipinski definition) is 3. The third kappa shape index (κ3) is 4.46. The van der Waals surface area contributed by atoms with E-state index in [1.807, 2.05) is 6.26 Å². The number of nitrogens with one attached hydrogen (secondary N) is 1. The molecule has 0 bridgehead atoms. The van der Waals surface area contributed by atoms with Crippen LogP contribution in [0.2, 0.25) is 0 Å². The van der Waals surface area contributed by atoms with Gasteiger partial charge >= 0.3 is 0 Å². The molecule has 11 heteroatoms. The fraction of sp³-hybridized carbons (Fsp3) is 0.167. The monoisotopic (exact) mass is 413 g/mol. The highest BCUT2D eigenvalue weighted by Gasteiger charge is 2.20. The summed E-state index contributed by atoms with van der Waals surface area (Å²) >= 11 is 1.31. The van der Waals surface area contributed by atoms with Gasteiger partial charge in [-0.3, -0.25) is 9.59 Å². The highest BCUT2D eigenvalue weighted by Crippen LogP contribution is 2.27. The molecular weight excluding hydrogens is 394 g/mol. The fourth-order valence-electron chi connectivity index (χ4n) is 2.60. The fourth-order valence-corrected chi connectivity index (χ4v) is 2.96. The van der Waals surface area contributed by atoms with Gasteiger partial charge in [0.2, 0.25) is 11.8 Å². The Hall–Kier alpha value is -3.60. The number of rotatable bonds is 6. The van der Waals surface area contributed by atoms with Gasteiger partial charge in [0.25, 0.3) is 5.91 Å². The predicted molar refractivity (Wildman–Crippen MR) is 109 cm³/mol. The van der Waals surface area contributed by atoms with E-state index < -0.39 is 5.91 Å². The first kappa shape index (κ1) is 20.1. The summed E-state index contributed by atoms with van der Waals surface area (Å²) in [6, 6.07) is 8.37. The largest absolute Gasteiger partial charge is 0.439 e. The minimum absolute atomic E-state index is 0.0892. The molecule has 150 valence electrons. The smallest absolute Gasteiger partial charge is 0.254 e. The molecule has 29 heavy (non-hydrogen) atoms. The van der Waals surface area contributed by atoms with Crippen LogP contribution in [0.25, 0.3) is 5.82 Å². The Labute approximate surface area is 170 Å². The molecule has 2 heterocycles. The van der Waals surface area contributed by atoms with Crippen LogP contribution < -0.4 is 21.5 Å². The Bertz CT molecular complexity index is 1080. The maximum Gasteiger partial charge on any atom is 0.254 e. The molecule has 2 aromatic heterocycles. The highest BCUT2D eigenvalue weighted by molar-refractivity contribution is 7.98. The summed E-state index contributed by atoms with van der Waals surface area (Å²) in [4.78, 5) is 31.4. The molecule has 3 aromatic rings. The molecule has 5 N–H and O–H groups in total. The maximum atomic E-state index is 11.6. The lowest BCUT2D eigenvalue weighted by atomic mass is 10.2.